The van der Waals surface area contributed by atoms with Crippen LogP contribution in [-0.2, 0) is 0 Å². The van der Waals surface area contributed by atoms with E-state index in [0.717, 1.165) is 17.8 Å². The van der Waals surface area contributed by atoms with Crippen molar-refractivity contribution in [2.75, 3.05) is 11.5 Å². The molecule has 0 saturated carbocycles. The van der Waals surface area contributed by atoms with Crippen LogP contribution in [0.2, 0.25) is 0 Å². The Morgan fingerprint density at radius 2 is 1.87 bits per heavy atom. The van der Waals surface area contributed by atoms with Crippen LogP contribution in [0.3, 0.4) is 0 Å². The van der Waals surface area contributed by atoms with E-state index in [1.165, 1.54) is 6.92 Å². The summed E-state index contributed by atoms with van der Waals surface area (Å²) in [5, 5.41) is 9.44. The zero-order valence-electron chi connectivity index (χ0n) is 9.40. The molecule has 0 bridgehead atoms. The summed E-state index contributed by atoms with van der Waals surface area (Å²) >= 11 is -0.419. The first-order chi connectivity index (χ1) is 6.64. The number of nitrogens with zero attached hydrogens (tertiary/aromatic N) is 1. The first kappa shape index (κ1) is 15.4. The van der Waals surface area contributed by atoms with Crippen molar-refractivity contribution in [2.45, 2.75) is 45.0 Å². The predicted octanol–water partition coefficient (Wildman–Crippen LogP) is -0.966. The van der Waals surface area contributed by atoms with Crippen molar-refractivity contribution in [2.24, 2.45) is 0 Å². The van der Waals surface area contributed by atoms with Crippen LogP contribution < -0.4 is 21.5 Å². The Kier molecular flexibility index (Phi) is 5.84. The van der Waals surface area contributed by atoms with E-state index in [1.807, 2.05) is 6.92 Å². The molecule has 0 aliphatic heterocycles. The molecule has 0 saturated heterocycles. The van der Waals surface area contributed by atoms with E-state index in [4.69, 9.17) is 0 Å². The topological polar surface area (TPSA) is 23.5 Å². The molecule has 94 valence electrons. The van der Waals surface area contributed by atoms with Crippen LogP contribution in [0, 0.1) is 0 Å². The number of halogens is 4. The zero-order valence-corrected chi connectivity index (χ0v) is 11.6. The summed E-state index contributed by atoms with van der Waals surface area (Å²) in [7, 11) is 1.65. The van der Waals surface area contributed by atoms with Gasteiger partial charge in [-0.15, -0.1) is 0 Å². The van der Waals surface area contributed by atoms with Crippen molar-refractivity contribution < 1.29 is 39.8 Å². The maximum absolute atomic E-state index is 12.5. The minimum atomic E-state index is -4.57. The van der Waals surface area contributed by atoms with Crippen LogP contribution in [0.25, 0.3) is 0 Å². The number of hydrogen-bond donors (Lipinski definition) is 1. The molecule has 0 radical (unpaired) electrons. The van der Waals surface area contributed by atoms with Crippen LogP contribution in [-0.4, -0.2) is 37.5 Å². The van der Waals surface area contributed by atoms with Gasteiger partial charge < -0.3 is 0 Å². The van der Waals surface area contributed by atoms with E-state index >= 15 is 0 Å². The third-order valence-corrected chi connectivity index (χ3v) is 5.86. The molecule has 6 heteroatoms. The normalized spacial score (nSPS) is 19.3. The van der Waals surface area contributed by atoms with Gasteiger partial charge in [0.05, 0.1) is 0 Å². The molecule has 0 aromatic heterocycles. The number of likely N-dealkylation sites (N-methyl/N-ethyl adjacent to an activating group) is 1. The third-order valence-electron chi connectivity index (χ3n) is 2.38. The van der Waals surface area contributed by atoms with Crippen LogP contribution in [0.15, 0.2) is 0 Å². The van der Waals surface area contributed by atoms with Gasteiger partial charge in [-0.2, -0.15) is 0 Å². The second-order valence-electron chi connectivity index (χ2n) is 3.65. The summed E-state index contributed by atoms with van der Waals surface area (Å²) in [6.45, 7) is 4.26. The van der Waals surface area contributed by atoms with Gasteiger partial charge in [0.2, 0.25) is 0 Å². The maximum atomic E-state index is 12.5. The van der Waals surface area contributed by atoms with Crippen molar-refractivity contribution >= 4 is 0 Å². The molecule has 0 aromatic rings. The van der Waals surface area contributed by atoms with E-state index < -0.39 is 39.3 Å². The van der Waals surface area contributed by atoms with E-state index in [9.17, 15) is 18.3 Å². The number of hydrogen-bond acceptors (Lipinski definition) is 2. The summed E-state index contributed by atoms with van der Waals surface area (Å²) in [4.78, 5) is 0. The van der Waals surface area contributed by atoms with Crippen molar-refractivity contribution in [3.63, 3.8) is 0 Å². The molecule has 0 aliphatic carbocycles. The van der Waals surface area contributed by atoms with Gasteiger partial charge in [0.15, 0.2) is 0 Å². The Labute approximate surface area is 99.5 Å². The fourth-order valence-corrected chi connectivity index (χ4v) is 3.28. The van der Waals surface area contributed by atoms with Crippen LogP contribution >= 0.6 is 0 Å². The second kappa shape index (κ2) is 5.67. The summed E-state index contributed by atoms with van der Waals surface area (Å²) in [6, 6.07) is -0.892. The molecule has 0 aliphatic rings. The third kappa shape index (κ3) is 4.07. The van der Waals surface area contributed by atoms with Gasteiger partial charge in [-0.3, -0.25) is 0 Å². The van der Waals surface area contributed by atoms with Gasteiger partial charge in [0.1, 0.15) is 0 Å². The quantitative estimate of drug-likeness (QED) is 0.396. The minimum absolute atomic E-state index is 0.419. The van der Waals surface area contributed by atoms with Gasteiger partial charge in [-0.1, -0.05) is 0 Å². The van der Waals surface area contributed by atoms with E-state index in [2.05, 4.69) is 0 Å². The van der Waals surface area contributed by atoms with Crippen molar-refractivity contribution in [1.82, 2.24) is 3.11 Å². The fourth-order valence-electron chi connectivity index (χ4n) is 0.905. The molecule has 2 nitrogen and oxygen atoms in total. The second-order valence-corrected chi connectivity index (χ2v) is 6.94. The van der Waals surface area contributed by atoms with Gasteiger partial charge >= 0.3 is 99.4 Å². The zero-order chi connectivity index (χ0) is 12.3. The molecule has 2 atom stereocenters. The van der Waals surface area contributed by atoms with Crippen molar-refractivity contribution in [1.29, 1.82) is 0 Å². The van der Waals surface area contributed by atoms with Gasteiger partial charge in [0, 0.05) is 0 Å². The Morgan fingerprint density at radius 3 is 2.20 bits per heavy atom. The van der Waals surface area contributed by atoms with E-state index in [0.29, 0.717) is 0 Å². The molecule has 2 unspecified atom stereocenters. The fraction of sp³-hybridized carbons (Fsp3) is 1.00. The Hall–Kier alpha value is 0.440. The number of aliphatic hydroxyl groups is 1. The monoisotopic (exact) mass is 340 g/mol. The first-order valence-electron chi connectivity index (χ1n) is 4.76. The molecule has 0 fully saturated rings. The number of alkyl halides is 4. The van der Waals surface area contributed by atoms with Crippen LogP contribution in [0.5, 0.6) is 0 Å². The first-order valence-corrected chi connectivity index (χ1v) is 7.25. The number of rotatable bonds is 5. The molecular formula is C9H18F3INO-. The molecule has 0 rings (SSSR count). The van der Waals surface area contributed by atoms with E-state index in [1.54, 1.807) is 10.2 Å². The van der Waals surface area contributed by atoms with Crippen molar-refractivity contribution in [3.05, 3.63) is 0 Å². The SMILES string of the molecule is CCC[I-]N(C)C(C)C(C)(O)C(F)(F)F. The average Bonchev–Trinajstić information content (AvgIpc) is 2.10. The van der Waals surface area contributed by atoms with Gasteiger partial charge in [0.25, 0.3) is 0 Å². The molecule has 15 heavy (non-hydrogen) atoms. The van der Waals surface area contributed by atoms with Gasteiger partial charge in [-0.05, 0) is 0 Å². The Balaban J connectivity index is 4.48. The molecule has 0 spiro atoms. The molecule has 0 aromatic carbocycles. The molecule has 1 N–H and O–H groups in total. The summed E-state index contributed by atoms with van der Waals surface area (Å²) in [5.74, 6) is 0. The summed E-state index contributed by atoms with van der Waals surface area (Å²) in [6.07, 6.45) is -3.60. The Morgan fingerprint density at radius 1 is 1.40 bits per heavy atom. The van der Waals surface area contributed by atoms with Crippen LogP contribution in [0.4, 0.5) is 13.2 Å². The van der Waals surface area contributed by atoms with Crippen molar-refractivity contribution in [3.8, 4) is 0 Å². The summed E-state index contributed by atoms with van der Waals surface area (Å²) < 4.78 is 40.1. The summed E-state index contributed by atoms with van der Waals surface area (Å²) in [5.41, 5.74) is -2.63. The Bertz CT molecular complexity index is 196. The van der Waals surface area contributed by atoms with Crippen LogP contribution in [0.1, 0.15) is 27.2 Å². The average molecular weight is 340 g/mol. The standard InChI is InChI=1S/C9H18F3INO/c1-5-6-13-14(4)7(2)8(3,15)9(10,11)12/h7,15H,5-6H2,1-4H3/q-1. The van der Waals surface area contributed by atoms with E-state index in [-0.39, 0.29) is 0 Å². The predicted molar refractivity (Wildman–Crippen MR) is 49.1 cm³/mol. The molecule has 0 amide bonds. The van der Waals surface area contributed by atoms with Gasteiger partial charge in [-0.25, -0.2) is 0 Å². The molecule has 0 heterocycles. The molecular weight excluding hydrogens is 322 g/mol.